The Morgan fingerprint density at radius 3 is 2.76 bits per heavy atom. The average molecular weight is 311 g/mol. The number of ether oxygens (including phenoxy) is 1. The van der Waals surface area contributed by atoms with Crippen LogP contribution >= 0.6 is 11.6 Å². The topological polar surface area (TPSA) is 50.4 Å². The Hall–Kier alpha value is -1.10. The normalized spacial score (nSPS) is 15.9. The van der Waals surface area contributed by atoms with Crippen molar-refractivity contribution < 1.29 is 9.53 Å². The lowest BCUT2D eigenvalue weighted by Crippen LogP contribution is -2.31. The van der Waals surface area contributed by atoms with Crippen LogP contribution in [-0.4, -0.2) is 31.7 Å². The molecule has 1 aromatic rings. The average Bonchev–Trinajstić information content (AvgIpc) is 2.50. The first-order valence-electron chi connectivity index (χ1n) is 7.62. The molecule has 0 spiro atoms. The molecular formula is C16H23ClN2O2. The summed E-state index contributed by atoms with van der Waals surface area (Å²) < 4.78 is 5.79. The third-order valence-electron chi connectivity index (χ3n) is 3.62. The molecule has 0 unspecified atom stereocenters. The summed E-state index contributed by atoms with van der Waals surface area (Å²) in [5.74, 6) is -0.0965. The first kappa shape index (κ1) is 16.3. The Labute approximate surface area is 131 Å². The summed E-state index contributed by atoms with van der Waals surface area (Å²) in [5, 5.41) is 6.41. The van der Waals surface area contributed by atoms with Gasteiger partial charge in [0.1, 0.15) is 0 Å². The van der Waals surface area contributed by atoms with Gasteiger partial charge in [0.2, 0.25) is 5.91 Å². The van der Waals surface area contributed by atoms with E-state index < -0.39 is 0 Å². The number of hydrogen-bond acceptors (Lipinski definition) is 3. The van der Waals surface area contributed by atoms with Crippen LogP contribution in [0.1, 0.15) is 32.1 Å². The molecule has 0 heterocycles. The summed E-state index contributed by atoms with van der Waals surface area (Å²) in [6.45, 7) is 1.61. The molecule has 2 N–H and O–H groups in total. The fourth-order valence-corrected chi connectivity index (χ4v) is 2.67. The van der Waals surface area contributed by atoms with Crippen LogP contribution in [0.2, 0.25) is 5.02 Å². The number of halogens is 1. The fourth-order valence-electron chi connectivity index (χ4n) is 2.49. The molecule has 1 saturated carbocycles. The van der Waals surface area contributed by atoms with E-state index in [1.54, 1.807) is 12.1 Å². The molecule has 0 aliphatic heterocycles. The zero-order chi connectivity index (χ0) is 14.9. The van der Waals surface area contributed by atoms with Gasteiger partial charge in [-0.1, -0.05) is 43.0 Å². The van der Waals surface area contributed by atoms with Gasteiger partial charge in [-0.3, -0.25) is 4.79 Å². The van der Waals surface area contributed by atoms with Crippen molar-refractivity contribution in [2.45, 2.75) is 38.2 Å². The van der Waals surface area contributed by atoms with Crippen LogP contribution in [0.25, 0.3) is 0 Å². The van der Waals surface area contributed by atoms with Crippen molar-refractivity contribution in [3.63, 3.8) is 0 Å². The highest BCUT2D eigenvalue weighted by Gasteiger charge is 2.13. The number of carbonyl (C=O) groups is 1. The Morgan fingerprint density at radius 2 is 2.00 bits per heavy atom. The first-order valence-corrected chi connectivity index (χ1v) is 8.00. The maximum absolute atomic E-state index is 11.8. The molecule has 0 aromatic heterocycles. The Kier molecular flexibility index (Phi) is 7.00. The Balaban J connectivity index is 1.56. The highest BCUT2D eigenvalue weighted by Crippen LogP contribution is 2.20. The van der Waals surface area contributed by atoms with Crippen molar-refractivity contribution >= 4 is 23.2 Å². The zero-order valence-corrected chi connectivity index (χ0v) is 13.0. The summed E-state index contributed by atoms with van der Waals surface area (Å²) in [5.41, 5.74) is 0.643. The predicted molar refractivity (Wildman–Crippen MR) is 85.8 cm³/mol. The highest BCUT2D eigenvalue weighted by molar-refractivity contribution is 6.33. The standard InChI is InChI=1S/C16H23ClN2O2/c17-14-8-4-5-9-15(14)19-16(20)12-18-10-11-21-13-6-2-1-3-7-13/h4-5,8-9,13,18H,1-3,6-7,10-12H2,(H,19,20). The third-order valence-corrected chi connectivity index (χ3v) is 3.95. The highest BCUT2D eigenvalue weighted by atomic mass is 35.5. The van der Waals surface area contributed by atoms with Gasteiger partial charge in [0, 0.05) is 6.54 Å². The lowest BCUT2D eigenvalue weighted by Gasteiger charge is -2.21. The minimum Gasteiger partial charge on any atom is -0.377 e. The van der Waals surface area contributed by atoms with Gasteiger partial charge in [-0.15, -0.1) is 0 Å². The maximum atomic E-state index is 11.8. The molecule has 1 aliphatic carbocycles. The van der Waals surface area contributed by atoms with Crippen LogP contribution in [0.3, 0.4) is 0 Å². The smallest absolute Gasteiger partial charge is 0.238 e. The molecule has 0 saturated heterocycles. The van der Waals surface area contributed by atoms with E-state index in [4.69, 9.17) is 16.3 Å². The van der Waals surface area contributed by atoms with Crippen molar-refractivity contribution in [2.75, 3.05) is 25.0 Å². The Morgan fingerprint density at radius 1 is 1.24 bits per heavy atom. The summed E-state index contributed by atoms with van der Waals surface area (Å²) in [6, 6.07) is 7.21. The van der Waals surface area contributed by atoms with Crippen LogP contribution in [-0.2, 0) is 9.53 Å². The van der Waals surface area contributed by atoms with Gasteiger partial charge >= 0.3 is 0 Å². The molecule has 21 heavy (non-hydrogen) atoms. The number of benzene rings is 1. The van der Waals surface area contributed by atoms with Crippen LogP contribution in [0.15, 0.2) is 24.3 Å². The van der Waals surface area contributed by atoms with Crippen molar-refractivity contribution in [3.05, 3.63) is 29.3 Å². The molecular weight excluding hydrogens is 288 g/mol. The number of amides is 1. The van der Waals surface area contributed by atoms with Gasteiger partial charge in [-0.25, -0.2) is 0 Å². The third kappa shape index (κ3) is 6.04. The van der Waals surface area contributed by atoms with E-state index in [0.29, 0.717) is 30.0 Å². The van der Waals surface area contributed by atoms with Crippen molar-refractivity contribution in [3.8, 4) is 0 Å². The second kappa shape index (κ2) is 9.03. The van der Waals surface area contributed by atoms with Crippen LogP contribution in [0.5, 0.6) is 0 Å². The van der Waals surface area contributed by atoms with E-state index >= 15 is 0 Å². The SMILES string of the molecule is O=C(CNCCOC1CCCCC1)Nc1ccccc1Cl. The van der Waals surface area contributed by atoms with Gasteiger partial charge in [0.25, 0.3) is 0 Å². The summed E-state index contributed by atoms with van der Waals surface area (Å²) >= 11 is 5.98. The van der Waals surface area contributed by atoms with Gasteiger partial charge in [-0.05, 0) is 25.0 Å². The van der Waals surface area contributed by atoms with E-state index in [9.17, 15) is 4.79 Å². The second-order valence-corrected chi connectivity index (χ2v) is 5.74. The van der Waals surface area contributed by atoms with Crippen molar-refractivity contribution in [1.29, 1.82) is 0 Å². The van der Waals surface area contributed by atoms with Crippen LogP contribution < -0.4 is 10.6 Å². The molecule has 1 aromatic carbocycles. The Bertz CT molecular complexity index is 448. The predicted octanol–water partition coefficient (Wildman–Crippen LogP) is 3.22. The van der Waals surface area contributed by atoms with Gasteiger partial charge < -0.3 is 15.4 Å². The van der Waals surface area contributed by atoms with E-state index in [-0.39, 0.29) is 12.5 Å². The minimum atomic E-state index is -0.0965. The van der Waals surface area contributed by atoms with E-state index in [1.165, 1.54) is 32.1 Å². The van der Waals surface area contributed by atoms with Crippen molar-refractivity contribution in [2.24, 2.45) is 0 Å². The van der Waals surface area contributed by atoms with E-state index in [0.717, 1.165) is 0 Å². The van der Waals surface area contributed by atoms with Crippen LogP contribution in [0.4, 0.5) is 5.69 Å². The number of hydrogen-bond donors (Lipinski definition) is 2. The molecule has 0 radical (unpaired) electrons. The zero-order valence-electron chi connectivity index (χ0n) is 12.2. The second-order valence-electron chi connectivity index (χ2n) is 5.34. The molecule has 0 bridgehead atoms. The fraction of sp³-hybridized carbons (Fsp3) is 0.562. The number of anilines is 1. The molecule has 116 valence electrons. The molecule has 2 rings (SSSR count). The van der Waals surface area contributed by atoms with Gasteiger partial charge in [0.15, 0.2) is 0 Å². The summed E-state index contributed by atoms with van der Waals surface area (Å²) in [7, 11) is 0. The number of rotatable bonds is 7. The molecule has 5 heteroatoms. The molecule has 4 nitrogen and oxygen atoms in total. The van der Waals surface area contributed by atoms with Gasteiger partial charge in [0.05, 0.1) is 30.0 Å². The molecule has 1 amide bonds. The van der Waals surface area contributed by atoms with Gasteiger partial charge in [-0.2, -0.15) is 0 Å². The monoisotopic (exact) mass is 310 g/mol. The molecule has 0 atom stereocenters. The maximum Gasteiger partial charge on any atom is 0.238 e. The lowest BCUT2D eigenvalue weighted by atomic mass is 9.98. The van der Waals surface area contributed by atoms with Crippen molar-refractivity contribution in [1.82, 2.24) is 5.32 Å². The summed E-state index contributed by atoms with van der Waals surface area (Å²) in [4.78, 5) is 11.8. The largest absolute Gasteiger partial charge is 0.377 e. The lowest BCUT2D eigenvalue weighted by molar-refractivity contribution is -0.115. The number of para-hydroxylation sites is 1. The first-order chi connectivity index (χ1) is 10.3. The van der Waals surface area contributed by atoms with E-state index in [2.05, 4.69) is 10.6 Å². The molecule has 1 fully saturated rings. The van der Waals surface area contributed by atoms with Crippen LogP contribution in [0, 0.1) is 0 Å². The number of carbonyl (C=O) groups excluding carboxylic acids is 1. The minimum absolute atomic E-state index is 0.0965. The molecule has 1 aliphatic rings. The summed E-state index contributed by atoms with van der Waals surface area (Å²) in [6.07, 6.45) is 6.65. The quantitative estimate of drug-likeness (QED) is 0.760. The number of nitrogens with one attached hydrogen (secondary N) is 2. The van der Waals surface area contributed by atoms with E-state index in [1.807, 2.05) is 12.1 Å².